The van der Waals surface area contributed by atoms with Crippen LogP contribution < -0.4 is 11.3 Å². The topological polar surface area (TPSA) is 47.3 Å². The van der Waals surface area contributed by atoms with Gasteiger partial charge in [-0.1, -0.05) is 44.2 Å². The van der Waals surface area contributed by atoms with Crippen molar-refractivity contribution in [2.24, 2.45) is 23.6 Å². The Morgan fingerprint density at radius 2 is 1.76 bits per heavy atom. The van der Waals surface area contributed by atoms with Gasteiger partial charge in [-0.25, -0.2) is 0 Å². The fourth-order valence-electron chi connectivity index (χ4n) is 4.00. The number of rotatable bonds is 6. The van der Waals surface area contributed by atoms with Crippen molar-refractivity contribution in [3.63, 3.8) is 0 Å². The molecular formula is C18H30N2O. The Bertz CT molecular complexity index is 399. The summed E-state index contributed by atoms with van der Waals surface area (Å²) in [6.45, 7) is 7.47. The van der Waals surface area contributed by atoms with E-state index in [0.717, 1.165) is 11.8 Å². The van der Waals surface area contributed by atoms with Gasteiger partial charge in [0.2, 0.25) is 0 Å². The summed E-state index contributed by atoms with van der Waals surface area (Å²) in [6, 6.07) is 10.6. The SMILES string of the molecule is CCOC(c1ccccc1)C(NN)C1CC(C)CC(C)C1. The van der Waals surface area contributed by atoms with Crippen molar-refractivity contribution < 1.29 is 4.74 Å². The molecule has 0 aliphatic heterocycles. The molecule has 1 aromatic rings. The number of ether oxygens (including phenoxy) is 1. The Kier molecular flexibility index (Phi) is 6.22. The van der Waals surface area contributed by atoms with Crippen LogP contribution in [0, 0.1) is 17.8 Å². The predicted octanol–water partition coefficient (Wildman–Crippen LogP) is 3.67. The summed E-state index contributed by atoms with van der Waals surface area (Å²) >= 11 is 0. The first-order valence-electron chi connectivity index (χ1n) is 8.28. The largest absolute Gasteiger partial charge is 0.372 e. The first-order valence-corrected chi connectivity index (χ1v) is 8.28. The van der Waals surface area contributed by atoms with E-state index in [-0.39, 0.29) is 12.1 Å². The second-order valence-electron chi connectivity index (χ2n) is 6.66. The molecule has 0 radical (unpaired) electrons. The number of nitrogens with two attached hydrogens (primary N) is 1. The molecule has 3 N–H and O–H groups in total. The second kappa shape index (κ2) is 7.92. The minimum Gasteiger partial charge on any atom is -0.372 e. The minimum atomic E-state index is 0.0312. The molecule has 1 aliphatic rings. The van der Waals surface area contributed by atoms with E-state index in [2.05, 4.69) is 50.5 Å². The molecule has 0 saturated heterocycles. The Morgan fingerprint density at radius 3 is 2.29 bits per heavy atom. The molecule has 1 aliphatic carbocycles. The maximum absolute atomic E-state index is 6.06. The van der Waals surface area contributed by atoms with Gasteiger partial charge in [0.15, 0.2) is 0 Å². The molecule has 0 bridgehead atoms. The molecule has 1 fully saturated rings. The van der Waals surface area contributed by atoms with Gasteiger partial charge in [0.25, 0.3) is 0 Å². The number of hydrogen-bond donors (Lipinski definition) is 2. The molecular weight excluding hydrogens is 260 g/mol. The maximum Gasteiger partial charge on any atom is 0.0993 e. The highest BCUT2D eigenvalue weighted by Gasteiger charge is 2.35. The number of hydrogen-bond acceptors (Lipinski definition) is 3. The highest BCUT2D eigenvalue weighted by Crippen LogP contribution is 2.38. The maximum atomic E-state index is 6.06. The normalized spacial score (nSPS) is 29.0. The van der Waals surface area contributed by atoms with Crippen molar-refractivity contribution in [2.45, 2.75) is 52.2 Å². The number of benzene rings is 1. The molecule has 1 saturated carbocycles. The van der Waals surface area contributed by atoms with Gasteiger partial charge in [0, 0.05) is 6.61 Å². The third-order valence-corrected chi connectivity index (χ3v) is 4.72. The van der Waals surface area contributed by atoms with E-state index in [0.29, 0.717) is 12.5 Å². The van der Waals surface area contributed by atoms with Crippen LogP contribution in [0.3, 0.4) is 0 Å². The van der Waals surface area contributed by atoms with Gasteiger partial charge >= 0.3 is 0 Å². The summed E-state index contributed by atoms with van der Waals surface area (Å²) in [6.07, 6.45) is 3.83. The van der Waals surface area contributed by atoms with Crippen LogP contribution in [0.2, 0.25) is 0 Å². The van der Waals surface area contributed by atoms with E-state index in [9.17, 15) is 0 Å². The molecule has 2 rings (SSSR count). The molecule has 3 nitrogen and oxygen atoms in total. The Balaban J connectivity index is 2.19. The average Bonchev–Trinajstić information content (AvgIpc) is 2.47. The van der Waals surface area contributed by atoms with E-state index >= 15 is 0 Å². The molecule has 4 unspecified atom stereocenters. The Hall–Kier alpha value is -0.900. The highest BCUT2D eigenvalue weighted by atomic mass is 16.5. The van der Waals surface area contributed by atoms with E-state index < -0.39 is 0 Å². The monoisotopic (exact) mass is 290 g/mol. The quantitative estimate of drug-likeness (QED) is 0.621. The van der Waals surface area contributed by atoms with Crippen LogP contribution in [0.15, 0.2) is 30.3 Å². The molecule has 0 amide bonds. The number of nitrogens with one attached hydrogen (secondary N) is 1. The van der Waals surface area contributed by atoms with E-state index in [4.69, 9.17) is 10.6 Å². The average molecular weight is 290 g/mol. The summed E-state index contributed by atoms with van der Waals surface area (Å²) in [5.41, 5.74) is 4.29. The van der Waals surface area contributed by atoms with Gasteiger partial charge in [-0.15, -0.1) is 0 Å². The Morgan fingerprint density at radius 1 is 1.14 bits per heavy atom. The molecule has 0 heterocycles. The predicted molar refractivity (Wildman–Crippen MR) is 87.6 cm³/mol. The lowest BCUT2D eigenvalue weighted by atomic mass is 9.72. The van der Waals surface area contributed by atoms with Crippen LogP contribution >= 0.6 is 0 Å². The van der Waals surface area contributed by atoms with Crippen molar-refractivity contribution in [3.8, 4) is 0 Å². The second-order valence-corrected chi connectivity index (χ2v) is 6.66. The third-order valence-electron chi connectivity index (χ3n) is 4.72. The van der Waals surface area contributed by atoms with Crippen LogP contribution in [0.1, 0.15) is 51.7 Å². The Labute approximate surface area is 129 Å². The first-order chi connectivity index (χ1) is 10.2. The molecule has 1 aromatic carbocycles. The molecule has 21 heavy (non-hydrogen) atoms. The first kappa shape index (κ1) is 16.5. The highest BCUT2D eigenvalue weighted by molar-refractivity contribution is 5.19. The van der Waals surface area contributed by atoms with Gasteiger partial charge in [-0.2, -0.15) is 0 Å². The minimum absolute atomic E-state index is 0.0312. The van der Waals surface area contributed by atoms with Crippen LogP contribution in [0.25, 0.3) is 0 Å². The van der Waals surface area contributed by atoms with E-state index in [1.165, 1.54) is 24.8 Å². The fraction of sp³-hybridized carbons (Fsp3) is 0.667. The summed E-state index contributed by atoms with van der Waals surface area (Å²) < 4.78 is 6.06. The van der Waals surface area contributed by atoms with E-state index in [1.807, 2.05) is 6.07 Å². The molecule has 0 aromatic heterocycles. The molecule has 118 valence electrons. The summed E-state index contributed by atoms with van der Waals surface area (Å²) in [5, 5.41) is 0. The summed E-state index contributed by atoms with van der Waals surface area (Å²) in [7, 11) is 0. The van der Waals surface area contributed by atoms with Crippen molar-refractivity contribution in [3.05, 3.63) is 35.9 Å². The van der Waals surface area contributed by atoms with Gasteiger partial charge in [0.1, 0.15) is 0 Å². The third kappa shape index (κ3) is 4.29. The van der Waals surface area contributed by atoms with Crippen LogP contribution in [0.5, 0.6) is 0 Å². The molecule has 0 spiro atoms. The lowest BCUT2D eigenvalue weighted by Crippen LogP contribution is -2.48. The summed E-state index contributed by atoms with van der Waals surface area (Å²) in [4.78, 5) is 0. The van der Waals surface area contributed by atoms with Crippen molar-refractivity contribution in [1.82, 2.24) is 5.43 Å². The van der Waals surface area contributed by atoms with Gasteiger partial charge in [-0.05, 0) is 49.5 Å². The van der Waals surface area contributed by atoms with Gasteiger partial charge < -0.3 is 4.74 Å². The smallest absolute Gasteiger partial charge is 0.0993 e. The van der Waals surface area contributed by atoms with Crippen LogP contribution in [0.4, 0.5) is 0 Å². The lowest BCUT2D eigenvalue weighted by Gasteiger charge is -2.39. The molecule has 3 heteroatoms. The van der Waals surface area contributed by atoms with Crippen molar-refractivity contribution in [1.29, 1.82) is 0 Å². The van der Waals surface area contributed by atoms with Crippen molar-refractivity contribution in [2.75, 3.05) is 6.61 Å². The van der Waals surface area contributed by atoms with Gasteiger partial charge in [-0.3, -0.25) is 11.3 Å². The van der Waals surface area contributed by atoms with Crippen molar-refractivity contribution >= 4 is 0 Å². The number of hydrazine groups is 1. The summed E-state index contributed by atoms with van der Waals surface area (Å²) in [5.74, 6) is 8.05. The van der Waals surface area contributed by atoms with Crippen LogP contribution in [-0.2, 0) is 4.74 Å². The lowest BCUT2D eigenvalue weighted by molar-refractivity contribution is 0.00186. The molecule has 4 atom stereocenters. The zero-order chi connectivity index (χ0) is 15.2. The standard InChI is InChI=1S/C18H30N2O/c1-4-21-18(15-8-6-5-7-9-15)17(20-19)16-11-13(2)10-14(3)12-16/h5-9,13-14,16-18,20H,4,10-12,19H2,1-3H3. The zero-order valence-corrected chi connectivity index (χ0v) is 13.6. The zero-order valence-electron chi connectivity index (χ0n) is 13.6. The van der Waals surface area contributed by atoms with Crippen LogP contribution in [-0.4, -0.2) is 12.6 Å². The fourth-order valence-corrected chi connectivity index (χ4v) is 4.00. The van der Waals surface area contributed by atoms with Gasteiger partial charge in [0.05, 0.1) is 12.1 Å². The van der Waals surface area contributed by atoms with E-state index in [1.54, 1.807) is 0 Å².